The minimum Gasteiger partial charge on any atom is -0.382 e. The lowest BCUT2D eigenvalue weighted by molar-refractivity contribution is 0.774. The van der Waals surface area contributed by atoms with Crippen LogP contribution in [-0.2, 0) is 0 Å². The molecule has 1 aliphatic rings. The number of benzene rings is 1. The van der Waals surface area contributed by atoms with E-state index in [0.717, 1.165) is 31.0 Å². The number of aromatic nitrogens is 3. The molecular formula is C16H17N5. The zero-order chi connectivity index (χ0) is 14.2. The normalized spacial score (nSPS) is 18.5. The summed E-state index contributed by atoms with van der Waals surface area (Å²) in [5, 5.41) is 0. The van der Waals surface area contributed by atoms with Gasteiger partial charge in [-0.2, -0.15) is 0 Å². The molecule has 5 heteroatoms. The molecule has 0 spiro atoms. The van der Waals surface area contributed by atoms with E-state index in [1.54, 1.807) is 12.4 Å². The van der Waals surface area contributed by atoms with Gasteiger partial charge < -0.3 is 15.0 Å². The molecule has 2 aromatic heterocycles. The van der Waals surface area contributed by atoms with Crippen LogP contribution in [0.3, 0.4) is 0 Å². The summed E-state index contributed by atoms with van der Waals surface area (Å²) < 4.78 is 1.94. The lowest BCUT2D eigenvalue weighted by Crippen LogP contribution is -2.22. The Morgan fingerprint density at radius 2 is 2.05 bits per heavy atom. The van der Waals surface area contributed by atoms with Gasteiger partial charge in [-0.05, 0) is 12.0 Å². The molecular weight excluding hydrogens is 262 g/mol. The second kappa shape index (κ2) is 4.77. The summed E-state index contributed by atoms with van der Waals surface area (Å²) in [5.74, 6) is 1.96. The third-order valence-corrected chi connectivity index (χ3v) is 4.13. The van der Waals surface area contributed by atoms with Crippen molar-refractivity contribution in [3.63, 3.8) is 0 Å². The molecule has 1 atom stereocenters. The zero-order valence-corrected chi connectivity index (χ0v) is 11.7. The molecule has 1 aliphatic heterocycles. The highest BCUT2D eigenvalue weighted by Gasteiger charge is 2.26. The van der Waals surface area contributed by atoms with E-state index in [0.29, 0.717) is 11.7 Å². The van der Waals surface area contributed by atoms with E-state index in [9.17, 15) is 0 Å². The quantitative estimate of drug-likeness (QED) is 0.782. The molecule has 1 fully saturated rings. The highest BCUT2D eigenvalue weighted by molar-refractivity contribution is 5.67. The van der Waals surface area contributed by atoms with Crippen LogP contribution in [0.5, 0.6) is 0 Å². The predicted molar refractivity (Wildman–Crippen MR) is 83.4 cm³/mol. The van der Waals surface area contributed by atoms with Crippen molar-refractivity contribution < 1.29 is 0 Å². The van der Waals surface area contributed by atoms with Crippen LogP contribution in [-0.4, -0.2) is 27.5 Å². The third-order valence-electron chi connectivity index (χ3n) is 4.13. The lowest BCUT2D eigenvalue weighted by Gasteiger charge is -2.18. The van der Waals surface area contributed by atoms with Crippen LogP contribution >= 0.6 is 0 Å². The minimum atomic E-state index is 0.527. The van der Waals surface area contributed by atoms with Gasteiger partial charge in [0.05, 0.1) is 6.20 Å². The number of rotatable bonds is 2. The van der Waals surface area contributed by atoms with Crippen LogP contribution in [0.25, 0.3) is 5.65 Å². The van der Waals surface area contributed by atoms with Gasteiger partial charge in [-0.15, -0.1) is 0 Å². The minimum absolute atomic E-state index is 0.527. The molecule has 0 saturated carbocycles. The number of hydrogen-bond acceptors (Lipinski definition) is 4. The molecule has 1 aromatic carbocycles. The predicted octanol–water partition coefficient (Wildman–Crippen LogP) is 2.31. The van der Waals surface area contributed by atoms with Gasteiger partial charge in [-0.3, -0.25) is 0 Å². The third kappa shape index (κ3) is 2.11. The summed E-state index contributed by atoms with van der Waals surface area (Å²) in [7, 11) is 0. The molecule has 0 aliphatic carbocycles. The van der Waals surface area contributed by atoms with Gasteiger partial charge in [0.1, 0.15) is 5.82 Å². The Morgan fingerprint density at radius 1 is 1.19 bits per heavy atom. The highest BCUT2D eigenvalue weighted by atomic mass is 15.2. The van der Waals surface area contributed by atoms with Gasteiger partial charge in [0, 0.05) is 31.4 Å². The Kier molecular flexibility index (Phi) is 2.77. The van der Waals surface area contributed by atoms with Gasteiger partial charge in [-0.1, -0.05) is 30.3 Å². The summed E-state index contributed by atoms with van der Waals surface area (Å²) in [6, 6.07) is 10.7. The van der Waals surface area contributed by atoms with Gasteiger partial charge >= 0.3 is 0 Å². The lowest BCUT2D eigenvalue weighted by atomic mass is 9.99. The maximum atomic E-state index is 5.91. The first kappa shape index (κ1) is 12.2. The van der Waals surface area contributed by atoms with Crippen LogP contribution in [0.1, 0.15) is 17.9 Å². The van der Waals surface area contributed by atoms with Gasteiger partial charge in [0.2, 0.25) is 0 Å². The van der Waals surface area contributed by atoms with E-state index < -0.39 is 0 Å². The number of imidazole rings is 1. The number of fused-ring (bicyclic) bond motifs is 1. The van der Waals surface area contributed by atoms with E-state index >= 15 is 0 Å². The molecule has 2 N–H and O–H groups in total. The maximum absolute atomic E-state index is 5.91. The van der Waals surface area contributed by atoms with Crippen LogP contribution in [0.15, 0.2) is 48.9 Å². The van der Waals surface area contributed by atoms with Crippen molar-refractivity contribution in [3.05, 3.63) is 54.5 Å². The number of hydrogen-bond donors (Lipinski definition) is 1. The number of nitrogens with zero attached hydrogens (tertiary/aromatic N) is 4. The fourth-order valence-electron chi connectivity index (χ4n) is 3.10. The Labute approximate surface area is 123 Å². The topological polar surface area (TPSA) is 59.5 Å². The van der Waals surface area contributed by atoms with E-state index in [-0.39, 0.29) is 0 Å². The number of nitrogen functional groups attached to an aromatic ring is 1. The maximum Gasteiger partial charge on any atom is 0.180 e. The smallest absolute Gasteiger partial charge is 0.180 e. The first-order valence-corrected chi connectivity index (χ1v) is 7.20. The van der Waals surface area contributed by atoms with Gasteiger partial charge in [-0.25, -0.2) is 9.97 Å². The van der Waals surface area contributed by atoms with Crippen LogP contribution < -0.4 is 10.6 Å². The molecule has 1 unspecified atom stereocenters. The summed E-state index contributed by atoms with van der Waals surface area (Å²) in [5.41, 5.74) is 8.18. The fourth-order valence-corrected chi connectivity index (χ4v) is 3.10. The average molecular weight is 279 g/mol. The van der Waals surface area contributed by atoms with Crippen molar-refractivity contribution in [2.24, 2.45) is 0 Å². The molecule has 1 saturated heterocycles. The molecule has 3 aromatic rings. The molecule has 21 heavy (non-hydrogen) atoms. The highest BCUT2D eigenvalue weighted by Crippen LogP contribution is 2.31. The fraction of sp³-hybridized carbons (Fsp3) is 0.250. The van der Waals surface area contributed by atoms with Crippen LogP contribution in [0.4, 0.5) is 11.6 Å². The summed E-state index contributed by atoms with van der Waals surface area (Å²) in [6.45, 7) is 1.95. The Balaban J connectivity index is 1.67. The van der Waals surface area contributed by atoms with E-state index in [1.165, 1.54) is 5.56 Å². The first-order valence-electron chi connectivity index (χ1n) is 7.20. The summed E-state index contributed by atoms with van der Waals surface area (Å²) >= 11 is 0. The van der Waals surface area contributed by atoms with Crippen molar-refractivity contribution in [2.75, 3.05) is 23.7 Å². The summed E-state index contributed by atoms with van der Waals surface area (Å²) in [4.78, 5) is 11.2. The average Bonchev–Trinajstić information content (AvgIpc) is 3.16. The molecule has 0 amide bonds. The van der Waals surface area contributed by atoms with Gasteiger partial charge in [0.25, 0.3) is 0 Å². The molecule has 5 nitrogen and oxygen atoms in total. The molecule has 0 radical (unpaired) electrons. The number of anilines is 2. The Hall–Kier alpha value is -2.56. The molecule has 106 valence electrons. The Morgan fingerprint density at radius 3 is 2.90 bits per heavy atom. The van der Waals surface area contributed by atoms with Crippen molar-refractivity contribution in [1.82, 2.24) is 14.4 Å². The SMILES string of the molecule is Nc1cn2ccnc2c(N2CCC(c3ccccc3)C2)n1. The van der Waals surface area contributed by atoms with Crippen molar-refractivity contribution in [1.29, 1.82) is 0 Å². The summed E-state index contributed by atoms with van der Waals surface area (Å²) in [6.07, 6.45) is 6.62. The molecule has 4 rings (SSSR count). The standard InChI is InChI=1S/C16H17N5/c17-14-11-21-9-7-18-15(21)16(19-14)20-8-6-13(10-20)12-4-2-1-3-5-12/h1-5,7,9,11,13H,6,8,10,17H2. The van der Waals surface area contributed by atoms with E-state index in [4.69, 9.17) is 5.73 Å². The second-order valence-corrected chi connectivity index (χ2v) is 5.49. The van der Waals surface area contributed by atoms with E-state index in [1.807, 2.05) is 10.6 Å². The molecule has 3 heterocycles. The van der Waals surface area contributed by atoms with Crippen LogP contribution in [0, 0.1) is 0 Å². The van der Waals surface area contributed by atoms with Crippen LogP contribution in [0.2, 0.25) is 0 Å². The zero-order valence-electron chi connectivity index (χ0n) is 11.7. The monoisotopic (exact) mass is 279 g/mol. The van der Waals surface area contributed by atoms with Crippen molar-refractivity contribution in [2.45, 2.75) is 12.3 Å². The van der Waals surface area contributed by atoms with Gasteiger partial charge in [0.15, 0.2) is 11.5 Å². The van der Waals surface area contributed by atoms with E-state index in [2.05, 4.69) is 45.2 Å². The second-order valence-electron chi connectivity index (χ2n) is 5.49. The molecule has 0 bridgehead atoms. The number of nitrogens with two attached hydrogens (primary N) is 1. The van der Waals surface area contributed by atoms with Crippen molar-refractivity contribution in [3.8, 4) is 0 Å². The largest absolute Gasteiger partial charge is 0.382 e. The van der Waals surface area contributed by atoms with Crippen molar-refractivity contribution >= 4 is 17.3 Å². The Bertz CT molecular complexity index is 765. The first-order chi connectivity index (χ1) is 10.3.